The SMILES string of the molecule is CC(C)[C@H](OC(=O)c1ccc2ccccc2c1)C(=O)NC(N)=O. The minimum absolute atomic E-state index is 0.307. The van der Waals surface area contributed by atoms with Crippen molar-refractivity contribution in [2.45, 2.75) is 20.0 Å². The molecule has 0 saturated carbocycles. The van der Waals surface area contributed by atoms with E-state index in [9.17, 15) is 14.4 Å². The number of fused-ring (bicyclic) bond motifs is 1. The van der Waals surface area contributed by atoms with Crippen molar-refractivity contribution in [3.8, 4) is 0 Å². The smallest absolute Gasteiger partial charge is 0.338 e. The van der Waals surface area contributed by atoms with Crippen LogP contribution in [-0.4, -0.2) is 24.0 Å². The molecule has 0 unspecified atom stereocenters. The van der Waals surface area contributed by atoms with Gasteiger partial charge < -0.3 is 10.5 Å². The average Bonchev–Trinajstić information content (AvgIpc) is 2.50. The van der Waals surface area contributed by atoms with Crippen LogP contribution in [-0.2, 0) is 9.53 Å². The third-order valence-corrected chi connectivity index (χ3v) is 3.33. The third-order valence-electron chi connectivity index (χ3n) is 3.33. The molecular weight excluding hydrogens is 296 g/mol. The first-order chi connectivity index (χ1) is 10.9. The van der Waals surface area contributed by atoms with Gasteiger partial charge in [-0.25, -0.2) is 9.59 Å². The van der Waals surface area contributed by atoms with E-state index in [-0.39, 0.29) is 5.92 Å². The molecule has 0 spiro atoms. The second kappa shape index (κ2) is 6.91. The number of ether oxygens (including phenoxy) is 1. The van der Waals surface area contributed by atoms with Gasteiger partial charge in [0.15, 0.2) is 6.10 Å². The zero-order valence-electron chi connectivity index (χ0n) is 12.9. The van der Waals surface area contributed by atoms with Crippen molar-refractivity contribution in [1.29, 1.82) is 0 Å². The molecule has 0 fully saturated rings. The van der Waals surface area contributed by atoms with Crippen LogP contribution >= 0.6 is 0 Å². The molecule has 6 nitrogen and oxygen atoms in total. The molecule has 0 aliphatic carbocycles. The second-order valence-electron chi connectivity index (χ2n) is 5.49. The van der Waals surface area contributed by atoms with Crippen molar-refractivity contribution in [3.63, 3.8) is 0 Å². The van der Waals surface area contributed by atoms with Crippen molar-refractivity contribution < 1.29 is 19.1 Å². The van der Waals surface area contributed by atoms with Crippen LogP contribution in [0.5, 0.6) is 0 Å². The lowest BCUT2D eigenvalue weighted by Gasteiger charge is -2.19. The zero-order valence-corrected chi connectivity index (χ0v) is 12.9. The lowest BCUT2D eigenvalue weighted by molar-refractivity contribution is -0.130. The van der Waals surface area contributed by atoms with Gasteiger partial charge in [0.25, 0.3) is 5.91 Å². The van der Waals surface area contributed by atoms with Gasteiger partial charge in [0.2, 0.25) is 0 Å². The first-order valence-electron chi connectivity index (χ1n) is 7.18. The van der Waals surface area contributed by atoms with Crippen molar-refractivity contribution in [3.05, 3.63) is 48.0 Å². The molecule has 6 heteroatoms. The van der Waals surface area contributed by atoms with Crippen LogP contribution in [0.4, 0.5) is 4.79 Å². The van der Waals surface area contributed by atoms with Gasteiger partial charge in [-0.2, -0.15) is 0 Å². The zero-order chi connectivity index (χ0) is 17.0. The number of benzene rings is 2. The van der Waals surface area contributed by atoms with Crippen molar-refractivity contribution in [2.24, 2.45) is 11.7 Å². The summed E-state index contributed by atoms with van der Waals surface area (Å²) in [5, 5.41) is 3.82. The Labute approximate surface area is 133 Å². The van der Waals surface area contributed by atoms with E-state index in [1.807, 2.05) is 29.6 Å². The van der Waals surface area contributed by atoms with Gasteiger partial charge in [-0.3, -0.25) is 10.1 Å². The number of carbonyl (C=O) groups excluding carboxylic acids is 3. The van der Waals surface area contributed by atoms with Crippen LogP contribution in [0, 0.1) is 5.92 Å². The molecule has 23 heavy (non-hydrogen) atoms. The largest absolute Gasteiger partial charge is 0.448 e. The molecule has 0 saturated heterocycles. The lowest BCUT2D eigenvalue weighted by Crippen LogP contribution is -2.45. The van der Waals surface area contributed by atoms with E-state index in [0.29, 0.717) is 5.56 Å². The summed E-state index contributed by atoms with van der Waals surface area (Å²) in [6.45, 7) is 3.41. The fourth-order valence-corrected chi connectivity index (χ4v) is 2.18. The Morgan fingerprint density at radius 1 is 1.04 bits per heavy atom. The highest BCUT2D eigenvalue weighted by Crippen LogP contribution is 2.18. The summed E-state index contributed by atoms with van der Waals surface area (Å²) in [6, 6.07) is 11.7. The number of rotatable bonds is 4. The normalized spacial score (nSPS) is 12.0. The van der Waals surface area contributed by atoms with Gasteiger partial charge in [-0.15, -0.1) is 0 Å². The average molecular weight is 314 g/mol. The summed E-state index contributed by atoms with van der Waals surface area (Å²) in [5.74, 6) is -1.67. The molecule has 2 aromatic rings. The van der Waals surface area contributed by atoms with Crippen molar-refractivity contribution in [2.75, 3.05) is 0 Å². The Hall–Kier alpha value is -2.89. The molecule has 2 aromatic carbocycles. The maximum Gasteiger partial charge on any atom is 0.338 e. The van der Waals surface area contributed by atoms with E-state index >= 15 is 0 Å². The molecule has 0 heterocycles. The highest BCUT2D eigenvalue weighted by molar-refractivity contribution is 5.99. The number of imide groups is 1. The summed E-state index contributed by atoms with van der Waals surface area (Å²) in [5.41, 5.74) is 5.26. The second-order valence-corrected chi connectivity index (χ2v) is 5.49. The van der Waals surface area contributed by atoms with Crippen molar-refractivity contribution >= 4 is 28.7 Å². The quantitative estimate of drug-likeness (QED) is 0.845. The van der Waals surface area contributed by atoms with E-state index in [1.54, 1.807) is 32.0 Å². The minimum atomic E-state index is -1.10. The molecule has 0 aliphatic rings. The molecule has 2 rings (SSSR count). The summed E-state index contributed by atoms with van der Waals surface area (Å²) >= 11 is 0. The predicted octanol–water partition coefficient (Wildman–Crippen LogP) is 2.22. The minimum Gasteiger partial charge on any atom is -0.448 e. The van der Waals surface area contributed by atoms with E-state index in [4.69, 9.17) is 10.5 Å². The van der Waals surface area contributed by atoms with E-state index in [0.717, 1.165) is 10.8 Å². The Balaban J connectivity index is 2.19. The van der Waals surface area contributed by atoms with Gasteiger partial charge in [-0.05, 0) is 28.8 Å². The molecule has 3 N–H and O–H groups in total. The molecule has 0 bridgehead atoms. The predicted molar refractivity (Wildman–Crippen MR) is 85.7 cm³/mol. The summed E-state index contributed by atoms with van der Waals surface area (Å²) in [7, 11) is 0. The number of hydrogen-bond donors (Lipinski definition) is 2. The number of esters is 1. The molecule has 0 radical (unpaired) electrons. The van der Waals surface area contributed by atoms with Crippen LogP contribution in [0.1, 0.15) is 24.2 Å². The van der Waals surface area contributed by atoms with Crippen LogP contribution in [0.2, 0.25) is 0 Å². The van der Waals surface area contributed by atoms with Gasteiger partial charge in [-0.1, -0.05) is 44.2 Å². The van der Waals surface area contributed by atoms with Crippen LogP contribution in [0.3, 0.4) is 0 Å². The number of amides is 3. The Kier molecular flexibility index (Phi) is 4.95. The number of hydrogen-bond acceptors (Lipinski definition) is 4. The number of nitrogens with two attached hydrogens (primary N) is 1. The number of carbonyl (C=O) groups is 3. The Morgan fingerprint density at radius 3 is 2.30 bits per heavy atom. The van der Waals surface area contributed by atoms with Crippen molar-refractivity contribution in [1.82, 2.24) is 5.32 Å². The number of urea groups is 1. The highest BCUT2D eigenvalue weighted by Gasteiger charge is 2.27. The molecule has 0 aliphatic heterocycles. The van der Waals surface area contributed by atoms with Gasteiger partial charge in [0.05, 0.1) is 5.56 Å². The Bertz CT molecular complexity index is 755. The first kappa shape index (κ1) is 16.5. The monoisotopic (exact) mass is 314 g/mol. The van der Waals surface area contributed by atoms with E-state index in [2.05, 4.69) is 0 Å². The summed E-state index contributed by atoms with van der Waals surface area (Å²) in [4.78, 5) is 34.9. The molecule has 3 amide bonds. The van der Waals surface area contributed by atoms with Gasteiger partial charge in [0.1, 0.15) is 0 Å². The molecular formula is C17H18N2O4. The molecule has 120 valence electrons. The van der Waals surface area contributed by atoms with E-state index < -0.39 is 24.0 Å². The fraction of sp³-hybridized carbons (Fsp3) is 0.235. The summed E-state index contributed by atoms with van der Waals surface area (Å²) in [6.07, 6.45) is -1.10. The highest BCUT2D eigenvalue weighted by atomic mass is 16.5. The Morgan fingerprint density at radius 2 is 1.70 bits per heavy atom. The molecule has 0 aromatic heterocycles. The van der Waals surface area contributed by atoms with Crippen LogP contribution in [0.25, 0.3) is 10.8 Å². The maximum absolute atomic E-state index is 12.3. The van der Waals surface area contributed by atoms with Gasteiger partial charge in [0, 0.05) is 0 Å². The summed E-state index contributed by atoms with van der Waals surface area (Å²) < 4.78 is 5.25. The standard InChI is InChI=1S/C17H18N2O4/c1-10(2)14(15(20)19-17(18)22)23-16(21)13-8-7-11-5-3-4-6-12(11)9-13/h3-10,14H,1-2H3,(H3,18,19,20,22)/t14-/m0/s1. The topological polar surface area (TPSA) is 98.5 Å². The first-order valence-corrected chi connectivity index (χ1v) is 7.18. The molecule has 1 atom stereocenters. The van der Waals surface area contributed by atoms with Gasteiger partial charge >= 0.3 is 12.0 Å². The fourth-order valence-electron chi connectivity index (χ4n) is 2.18. The maximum atomic E-state index is 12.3. The van der Waals surface area contributed by atoms with Crippen LogP contribution in [0.15, 0.2) is 42.5 Å². The van der Waals surface area contributed by atoms with Crippen LogP contribution < -0.4 is 11.1 Å². The number of nitrogens with one attached hydrogen (secondary N) is 1. The lowest BCUT2D eigenvalue weighted by atomic mass is 10.1. The van der Waals surface area contributed by atoms with E-state index in [1.165, 1.54) is 0 Å². The third kappa shape index (κ3) is 4.06. The number of primary amides is 1.